The molecule has 1 N–H and O–H groups in total. The fourth-order valence-corrected chi connectivity index (χ4v) is 3.20. The van der Waals surface area contributed by atoms with Gasteiger partial charge in [0.25, 0.3) is 0 Å². The molecule has 0 spiro atoms. The second-order valence-corrected chi connectivity index (χ2v) is 6.21. The van der Waals surface area contributed by atoms with Gasteiger partial charge in [0.05, 0.1) is 12.5 Å². The van der Waals surface area contributed by atoms with E-state index >= 15 is 0 Å². The van der Waals surface area contributed by atoms with E-state index in [9.17, 15) is 14.7 Å². The van der Waals surface area contributed by atoms with Crippen molar-refractivity contribution in [3.8, 4) is 0 Å². The van der Waals surface area contributed by atoms with E-state index in [1.165, 1.54) is 12.8 Å². The summed E-state index contributed by atoms with van der Waals surface area (Å²) in [5.41, 5.74) is 0. The fourth-order valence-electron chi connectivity index (χ4n) is 3.20. The Kier molecular flexibility index (Phi) is 5.08. The Bertz CT molecular complexity index is 397. The molecular formula is C15H26N2O4. The Morgan fingerprint density at radius 3 is 2.52 bits per heavy atom. The normalized spacial score (nSPS) is 26.7. The summed E-state index contributed by atoms with van der Waals surface area (Å²) in [4.78, 5) is 27.6. The van der Waals surface area contributed by atoms with Crippen LogP contribution in [0, 0.1) is 11.8 Å². The lowest BCUT2D eigenvalue weighted by atomic mass is 10.0. The molecule has 2 aliphatic rings. The van der Waals surface area contributed by atoms with Gasteiger partial charge in [-0.1, -0.05) is 0 Å². The summed E-state index contributed by atoms with van der Waals surface area (Å²) in [6.07, 6.45) is 2.88. The number of carboxylic acid groups (broad SMARTS) is 1. The van der Waals surface area contributed by atoms with Gasteiger partial charge in [-0.05, 0) is 39.0 Å². The fraction of sp³-hybridized carbons (Fsp3) is 0.867. The van der Waals surface area contributed by atoms with Crippen LogP contribution >= 0.6 is 0 Å². The molecule has 0 radical (unpaired) electrons. The van der Waals surface area contributed by atoms with Crippen molar-refractivity contribution in [2.45, 2.75) is 45.2 Å². The second-order valence-electron chi connectivity index (χ2n) is 6.21. The zero-order chi connectivity index (χ0) is 15.6. The average Bonchev–Trinajstić information content (AvgIpc) is 3.21. The maximum Gasteiger partial charge on any atom is 0.320 e. The molecule has 1 heterocycles. The zero-order valence-corrected chi connectivity index (χ0v) is 13.1. The topological polar surface area (TPSA) is 70.1 Å². The van der Waals surface area contributed by atoms with Crippen LogP contribution in [0.25, 0.3) is 0 Å². The molecule has 0 aromatic carbocycles. The molecular weight excluding hydrogens is 272 g/mol. The van der Waals surface area contributed by atoms with Crippen molar-refractivity contribution < 1.29 is 19.4 Å². The molecule has 6 heteroatoms. The van der Waals surface area contributed by atoms with Crippen molar-refractivity contribution in [3.05, 3.63) is 0 Å². The molecule has 2 amide bonds. The number of carbonyl (C=O) groups is 2. The molecule has 1 saturated carbocycles. The summed E-state index contributed by atoms with van der Waals surface area (Å²) in [6.45, 7) is 5.51. The molecule has 1 aliphatic heterocycles. The number of carbonyl (C=O) groups excluding carboxylic acids is 1. The van der Waals surface area contributed by atoms with Crippen molar-refractivity contribution in [3.63, 3.8) is 0 Å². The molecule has 2 rings (SSSR count). The number of amides is 2. The number of nitrogens with zero attached hydrogens (tertiary/aromatic N) is 2. The van der Waals surface area contributed by atoms with Crippen LogP contribution in [0.15, 0.2) is 0 Å². The third-order valence-corrected chi connectivity index (χ3v) is 4.90. The number of aliphatic carboxylic acids is 1. The van der Waals surface area contributed by atoms with Crippen molar-refractivity contribution in [1.82, 2.24) is 9.80 Å². The highest BCUT2D eigenvalue weighted by Crippen LogP contribution is 2.36. The number of likely N-dealkylation sites (tertiary alicyclic amines) is 1. The van der Waals surface area contributed by atoms with Gasteiger partial charge in [-0.15, -0.1) is 0 Å². The predicted molar refractivity (Wildman–Crippen MR) is 78.1 cm³/mol. The van der Waals surface area contributed by atoms with E-state index in [1.54, 1.807) is 12.0 Å². The lowest BCUT2D eigenvalue weighted by molar-refractivity contribution is -0.142. The van der Waals surface area contributed by atoms with Crippen LogP contribution in [0.3, 0.4) is 0 Å². The van der Waals surface area contributed by atoms with Crippen molar-refractivity contribution in [2.24, 2.45) is 11.8 Å². The van der Waals surface area contributed by atoms with Gasteiger partial charge in [-0.3, -0.25) is 4.79 Å². The molecule has 2 fully saturated rings. The highest BCUT2D eigenvalue weighted by atomic mass is 16.5. The van der Waals surface area contributed by atoms with E-state index in [-0.39, 0.29) is 18.1 Å². The van der Waals surface area contributed by atoms with E-state index in [2.05, 4.69) is 6.92 Å². The molecule has 1 aliphatic carbocycles. The number of methoxy groups -OCH3 is 1. The number of hydrogen-bond acceptors (Lipinski definition) is 3. The highest BCUT2D eigenvalue weighted by molar-refractivity contribution is 5.78. The zero-order valence-electron chi connectivity index (χ0n) is 13.1. The van der Waals surface area contributed by atoms with Crippen molar-refractivity contribution in [1.29, 1.82) is 0 Å². The van der Waals surface area contributed by atoms with Crippen LogP contribution in [0.1, 0.15) is 33.1 Å². The van der Waals surface area contributed by atoms with Crippen LogP contribution in [0.5, 0.6) is 0 Å². The smallest absolute Gasteiger partial charge is 0.320 e. The first-order valence-corrected chi connectivity index (χ1v) is 7.76. The van der Waals surface area contributed by atoms with Crippen molar-refractivity contribution in [2.75, 3.05) is 26.8 Å². The Morgan fingerprint density at radius 2 is 2.05 bits per heavy atom. The van der Waals surface area contributed by atoms with Crippen LogP contribution in [-0.2, 0) is 9.53 Å². The van der Waals surface area contributed by atoms with E-state index in [0.29, 0.717) is 32.0 Å². The molecule has 3 unspecified atom stereocenters. The minimum atomic E-state index is -0.809. The van der Waals surface area contributed by atoms with E-state index in [1.807, 2.05) is 11.8 Å². The average molecular weight is 298 g/mol. The maximum absolute atomic E-state index is 12.8. The van der Waals surface area contributed by atoms with Gasteiger partial charge in [0, 0.05) is 32.3 Å². The number of ether oxygens (including phenoxy) is 1. The van der Waals surface area contributed by atoms with Gasteiger partial charge >= 0.3 is 12.0 Å². The highest BCUT2D eigenvalue weighted by Gasteiger charge is 2.42. The quantitative estimate of drug-likeness (QED) is 0.809. The Labute approximate surface area is 126 Å². The van der Waals surface area contributed by atoms with Crippen LogP contribution in [0.4, 0.5) is 4.79 Å². The van der Waals surface area contributed by atoms with Gasteiger partial charge < -0.3 is 19.6 Å². The Morgan fingerprint density at radius 1 is 1.38 bits per heavy atom. The van der Waals surface area contributed by atoms with E-state index in [0.717, 1.165) is 0 Å². The summed E-state index contributed by atoms with van der Waals surface area (Å²) in [5, 5.41) is 9.20. The summed E-state index contributed by atoms with van der Waals surface area (Å²) in [6, 6.07) is -0.0853. The monoisotopic (exact) mass is 298 g/mol. The largest absolute Gasteiger partial charge is 0.481 e. The molecule has 1 saturated heterocycles. The number of carboxylic acids is 1. The molecule has 120 valence electrons. The van der Waals surface area contributed by atoms with Gasteiger partial charge in [0.1, 0.15) is 0 Å². The number of rotatable bonds is 6. The second kappa shape index (κ2) is 6.64. The number of hydrogen-bond donors (Lipinski definition) is 1. The summed E-state index contributed by atoms with van der Waals surface area (Å²) >= 11 is 0. The first kappa shape index (κ1) is 16.1. The standard InChI is InChI=1S/C15H26N2O4/c1-10(12-4-5-12)17(8-9-21-3)15(20)16-7-6-13(11(16)2)14(18)19/h10-13H,4-9H2,1-3H3,(H,18,19). The van der Waals surface area contributed by atoms with Crippen LogP contribution in [-0.4, -0.2) is 65.8 Å². The summed E-state index contributed by atoms with van der Waals surface area (Å²) in [7, 11) is 1.63. The Hall–Kier alpha value is -1.30. The molecule has 0 aromatic heterocycles. The summed E-state index contributed by atoms with van der Waals surface area (Å²) < 4.78 is 5.12. The third-order valence-electron chi connectivity index (χ3n) is 4.90. The predicted octanol–water partition coefficient (Wildman–Crippen LogP) is 1.65. The molecule has 0 aromatic rings. The lowest BCUT2D eigenvalue weighted by Gasteiger charge is -2.35. The van der Waals surface area contributed by atoms with Gasteiger partial charge in [0.2, 0.25) is 0 Å². The van der Waals surface area contributed by atoms with Gasteiger partial charge in [0.15, 0.2) is 0 Å². The van der Waals surface area contributed by atoms with E-state index < -0.39 is 11.9 Å². The SMILES string of the molecule is COCCN(C(=O)N1CCC(C(=O)O)C1C)C(C)C1CC1. The van der Waals surface area contributed by atoms with Crippen molar-refractivity contribution >= 4 is 12.0 Å². The third kappa shape index (κ3) is 3.48. The van der Waals surface area contributed by atoms with Gasteiger partial charge in [-0.25, -0.2) is 4.79 Å². The maximum atomic E-state index is 12.8. The van der Waals surface area contributed by atoms with Crippen LogP contribution < -0.4 is 0 Å². The minimum Gasteiger partial charge on any atom is -0.481 e. The molecule has 21 heavy (non-hydrogen) atoms. The number of urea groups is 1. The summed E-state index contributed by atoms with van der Waals surface area (Å²) in [5.74, 6) is -0.676. The Balaban J connectivity index is 2.05. The molecule has 6 nitrogen and oxygen atoms in total. The van der Waals surface area contributed by atoms with Gasteiger partial charge in [-0.2, -0.15) is 0 Å². The lowest BCUT2D eigenvalue weighted by Crippen LogP contribution is -2.51. The molecule has 0 bridgehead atoms. The molecule has 3 atom stereocenters. The van der Waals surface area contributed by atoms with Crippen LogP contribution in [0.2, 0.25) is 0 Å². The minimum absolute atomic E-state index is 0.0392. The van der Waals surface area contributed by atoms with E-state index in [4.69, 9.17) is 4.74 Å². The first-order chi connectivity index (χ1) is 9.97. The first-order valence-electron chi connectivity index (χ1n) is 7.76.